The van der Waals surface area contributed by atoms with Gasteiger partial charge in [0.2, 0.25) is 0 Å². The largest absolute Gasteiger partial charge is 0.294 e. The van der Waals surface area contributed by atoms with E-state index in [2.05, 4.69) is 47.8 Å². The second-order valence-electron chi connectivity index (χ2n) is 1.89. The first kappa shape index (κ1) is 9.89. The van der Waals surface area contributed by atoms with Crippen LogP contribution in [0.5, 0.6) is 0 Å². The minimum absolute atomic E-state index is 0.0608. The van der Waals surface area contributed by atoms with E-state index < -0.39 is 0 Å². The second-order valence-corrected chi connectivity index (χ2v) is 6.34. The third-order valence-corrected chi connectivity index (χ3v) is 5.24. The van der Waals surface area contributed by atoms with Crippen molar-refractivity contribution in [3.8, 4) is 0 Å². The number of carbonyl (C=O) groups is 1. The maximum Gasteiger partial charge on any atom is 0.162 e. The summed E-state index contributed by atoms with van der Waals surface area (Å²) in [5, 5.41) is 0. The number of Topliss-reactive ketones (excluding diaryl/α,β-unsaturated/α-hetero) is 1. The fraction of sp³-hybridized carbons (Fsp3) is 0.167. The Bertz CT molecular complexity index is 305. The molecule has 0 bridgehead atoms. The lowest BCUT2D eigenvalue weighted by Crippen LogP contribution is -1.90. The molecule has 1 aromatic heterocycles. The third-order valence-electron chi connectivity index (χ3n) is 1.12. The molecule has 0 saturated heterocycles. The fourth-order valence-electron chi connectivity index (χ4n) is 0.652. The van der Waals surface area contributed by atoms with Crippen molar-refractivity contribution in [1.29, 1.82) is 0 Å². The summed E-state index contributed by atoms with van der Waals surface area (Å²) in [5.41, 5.74) is 0.710. The molecule has 0 aromatic carbocycles. The Hall–Kier alpha value is 0.810. The molecule has 0 spiro atoms. The Morgan fingerprint density at radius 3 is 2.00 bits per heavy atom. The van der Waals surface area contributed by atoms with Crippen LogP contribution in [0.1, 0.15) is 17.3 Å². The summed E-state index contributed by atoms with van der Waals surface area (Å²) < 4.78 is 2.64. The van der Waals surface area contributed by atoms with Crippen LogP contribution < -0.4 is 0 Å². The minimum Gasteiger partial charge on any atom is -0.294 e. The van der Waals surface area contributed by atoms with Crippen LogP contribution >= 0.6 is 59.1 Å². The predicted molar refractivity (Wildman–Crippen MR) is 57.4 cm³/mol. The van der Waals surface area contributed by atoms with Crippen LogP contribution in [0.15, 0.2) is 12.0 Å². The van der Waals surface area contributed by atoms with Gasteiger partial charge in [-0.25, -0.2) is 0 Å². The molecule has 1 rings (SSSR count). The molecule has 0 unspecified atom stereocenters. The Balaban J connectivity index is 3.34. The zero-order chi connectivity index (χ0) is 8.59. The van der Waals surface area contributed by atoms with Crippen LogP contribution in [-0.2, 0) is 0 Å². The van der Waals surface area contributed by atoms with Crippen molar-refractivity contribution in [3.63, 3.8) is 0 Å². The Kier molecular flexibility index (Phi) is 3.31. The molecule has 1 aromatic rings. The van der Waals surface area contributed by atoms with Gasteiger partial charge in [-0.1, -0.05) is 0 Å². The highest BCUT2D eigenvalue weighted by Gasteiger charge is 2.15. The number of ketones is 1. The van der Waals surface area contributed by atoms with Gasteiger partial charge in [-0.15, -0.1) is 11.3 Å². The summed E-state index contributed by atoms with van der Waals surface area (Å²) in [6.45, 7) is 1.55. The van der Waals surface area contributed by atoms with Crippen LogP contribution in [0.4, 0.5) is 0 Å². The molecular formula is C6H3Br3OS. The van der Waals surface area contributed by atoms with Crippen molar-refractivity contribution in [2.24, 2.45) is 0 Å². The maximum absolute atomic E-state index is 11.0. The molecule has 1 heterocycles. The summed E-state index contributed by atoms with van der Waals surface area (Å²) in [6.07, 6.45) is 0. The van der Waals surface area contributed by atoms with E-state index in [1.54, 1.807) is 6.92 Å². The quantitative estimate of drug-likeness (QED) is 0.683. The van der Waals surface area contributed by atoms with Crippen LogP contribution in [0, 0.1) is 0 Å². The number of halogens is 3. The molecule has 0 atom stereocenters. The van der Waals surface area contributed by atoms with E-state index in [9.17, 15) is 4.79 Å². The van der Waals surface area contributed by atoms with Crippen molar-refractivity contribution in [2.45, 2.75) is 6.92 Å². The maximum atomic E-state index is 11.0. The van der Waals surface area contributed by atoms with Crippen molar-refractivity contribution in [1.82, 2.24) is 0 Å². The molecule has 60 valence electrons. The number of hydrogen-bond donors (Lipinski definition) is 0. The molecule has 0 fully saturated rings. The van der Waals surface area contributed by atoms with E-state index in [0.29, 0.717) is 5.56 Å². The van der Waals surface area contributed by atoms with Crippen molar-refractivity contribution >= 4 is 64.9 Å². The number of carbonyl (C=O) groups excluding carboxylic acids is 1. The smallest absolute Gasteiger partial charge is 0.162 e. The van der Waals surface area contributed by atoms with E-state index in [0.717, 1.165) is 12.0 Å². The molecule has 0 aliphatic heterocycles. The van der Waals surface area contributed by atoms with Crippen molar-refractivity contribution in [3.05, 3.63) is 17.6 Å². The predicted octanol–water partition coefficient (Wildman–Crippen LogP) is 4.24. The molecule has 0 aliphatic rings. The van der Waals surface area contributed by atoms with E-state index in [1.807, 2.05) is 0 Å². The van der Waals surface area contributed by atoms with E-state index >= 15 is 0 Å². The van der Waals surface area contributed by atoms with Gasteiger partial charge in [0.1, 0.15) is 0 Å². The topological polar surface area (TPSA) is 17.1 Å². The Labute approximate surface area is 93.6 Å². The Morgan fingerprint density at radius 2 is 1.82 bits per heavy atom. The summed E-state index contributed by atoms with van der Waals surface area (Å²) in [5.74, 6) is 0.0608. The molecule has 11 heavy (non-hydrogen) atoms. The van der Waals surface area contributed by atoms with Crippen LogP contribution in [0.3, 0.4) is 0 Å². The number of thiophene rings is 1. The van der Waals surface area contributed by atoms with Gasteiger partial charge in [0.25, 0.3) is 0 Å². The molecule has 5 heteroatoms. The highest BCUT2D eigenvalue weighted by atomic mass is 79.9. The van der Waals surface area contributed by atoms with Gasteiger partial charge in [-0.3, -0.25) is 4.79 Å². The van der Waals surface area contributed by atoms with Crippen molar-refractivity contribution < 1.29 is 4.79 Å². The zero-order valence-electron chi connectivity index (χ0n) is 5.45. The van der Waals surface area contributed by atoms with Gasteiger partial charge in [0.15, 0.2) is 5.78 Å². The summed E-state index contributed by atoms with van der Waals surface area (Å²) >= 11 is 11.4. The van der Waals surface area contributed by atoms with Gasteiger partial charge in [-0.2, -0.15) is 0 Å². The molecule has 0 aliphatic carbocycles. The number of hydrogen-bond acceptors (Lipinski definition) is 2. The first-order valence-electron chi connectivity index (χ1n) is 2.68. The summed E-state index contributed by atoms with van der Waals surface area (Å²) in [6, 6.07) is 0. The molecule has 0 saturated carbocycles. The lowest BCUT2D eigenvalue weighted by atomic mass is 10.2. The molecule has 1 nitrogen and oxygen atoms in total. The van der Waals surface area contributed by atoms with E-state index in [-0.39, 0.29) is 5.78 Å². The Morgan fingerprint density at radius 1 is 1.27 bits per heavy atom. The van der Waals surface area contributed by atoms with Gasteiger partial charge in [-0.05, 0) is 54.7 Å². The summed E-state index contributed by atoms with van der Waals surface area (Å²) in [4.78, 5) is 11.0. The van der Waals surface area contributed by atoms with Crippen LogP contribution in [-0.4, -0.2) is 5.78 Å². The van der Waals surface area contributed by atoms with E-state index in [1.165, 1.54) is 11.3 Å². The van der Waals surface area contributed by atoms with Crippen LogP contribution in [0.25, 0.3) is 0 Å². The molecule has 0 amide bonds. The van der Waals surface area contributed by atoms with E-state index in [4.69, 9.17) is 0 Å². The van der Waals surface area contributed by atoms with Gasteiger partial charge >= 0.3 is 0 Å². The van der Waals surface area contributed by atoms with Crippen molar-refractivity contribution in [2.75, 3.05) is 0 Å². The van der Waals surface area contributed by atoms with Crippen LogP contribution in [0.2, 0.25) is 0 Å². The normalized spacial score (nSPS) is 10.2. The first-order valence-corrected chi connectivity index (χ1v) is 5.87. The monoisotopic (exact) mass is 360 g/mol. The summed E-state index contributed by atoms with van der Waals surface area (Å²) in [7, 11) is 0. The second kappa shape index (κ2) is 3.68. The first-order chi connectivity index (χ1) is 5.04. The molecule has 0 radical (unpaired) electrons. The van der Waals surface area contributed by atoms with Gasteiger partial charge in [0.05, 0.1) is 17.6 Å². The number of rotatable bonds is 1. The average molecular weight is 363 g/mol. The fourth-order valence-corrected chi connectivity index (χ4v) is 4.76. The lowest BCUT2D eigenvalue weighted by molar-refractivity contribution is 0.101. The van der Waals surface area contributed by atoms with Gasteiger partial charge in [0, 0.05) is 0 Å². The molecule has 0 N–H and O–H groups in total. The third kappa shape index (κ3) is 1.94. The van der Waals surface area contributed by atoms with Gasteiger partial charge < -0.3 is 0 Å². The average Bonchev–Trinajstić information content (AvgIpc) is 2.07. The zero-order valence-corrected chi connectivity index (χ0v) is 11.0. The minimum atomic E-state index is 0.0608. The highest BCUT2D eigenvalue weighted by Crippen LogP contribution is 2.40. The highest BCUT2D eigenvalue weighted by molar-refractivity contribution is 9.14. The SMILES string of the molecule is CC(=O)c1c(Br)sc(Br)c1Br. The lowest BCUT2D eigenvalue weighted by Gasteiger charge is -1.91. The molecular weight excluding hydrogens is 360 g/mol. The standard InChI is InChI=1S/C6H3Br3OS/c1-2(10)3-4(7)6(9)11-5(3)8/h1H3.